The molecule has 1 fully saturated rings. The van der Waals surface area contributed by atoms with Gasteiger partial charge < -0.3 is 29.4 Å². The molecule has 1 unspecified atom stereocenters. The fourth-order valence-electron chi connectivity index (χ4n) is 3.11. The number of benzene rings is 1. The zero-order chi connectivity index (χ0) is 20.1. The molecule has 0 aromatic heterocycles. The van der Waals surface area contributed by atoms with Crippen LogP contribution in [-0.4, -0.2) is 38.7 Å². The molecule has 0 amide bonds. The van der Waals surface area contributed by atoms with Crippen molar-refractivity contribution in [3.05, 3.63) is 52.6 Å². The number of esters is 1. The van der Waals surface area contributed by atoms with Gasteiger partial charge in [0.1, 0.15) is 29.8 Å². The van der Waals surface area contributed by atoms with Crippen LogP contribution >= 0.6 is 0 Å². The lowest BCUT2D eigenvalue weighted by atomic mass is 9.83. The summed E-state index contributed by atoms with van der Waals surface area (Å²) in [6.45, 7) is 4.94. The number of carbonyl (C=O) groups excluding carboxylic acids is 1. The van der Waals surface area contributed by atoms with E-state index in [9.17, 15) is 10.1 Å². The van der Waals surface area contributed by atoms with E-state index in [2.05, 4.69) is 6.07 Å². The van der Waals surface area contributed by atoms with Gasteiger partial charge in [-0.1, -0.05) is 12.1 Å². The number of nitrogens with two attached hydrogens (primary N) is 1. The molecular formula is C20H22N2O6. The second kappa shape index (κ2) is 8.78. The Hall–Kier alpha value is -3.02. The molecule has 8 heteroatoms. The minimum Gasteiger partial charge on any atom is -0.488 e. The van der Waals surface area contributed by atoms with Crippen molar-refractivity contribution in [1.82, 2.24) is 0 Å². The van der Waals surface area contributed by atoms with Gasteiger partial charge in [-0.25, -0.2) is 4.79 Å². The molecule has 8 nitrogen and oxygen atoms in total. The highest BCUT2D eigenvalue weighted by Crippen LogP contribution is 2.39. The van der Waals surface area contributed by atoms with Crippen LogP contribution in [0.2, 0.25) is 0 Å². The smallest absolute Gasteiger partial charge is 0.338 e. The van der Waals surface area contributed by atoms with Crippen LogP contribution in [0.3, 0.4) is 0 Å². The third-order valence-electron chi connectivity index (χ3n) is 4.39. The highest BCUT2D eigenvalue weighted by molar-refractivity contribution is 5.92. The lowest BCUT2D eigenvalue weighted by molar-refractivity contribution is -0.139. The lowest BCUT2D eigenvalue weighted by Gasteiger charge is -2.27. The van der Waals surface area contributed by atoms with Gasteiger partial charge in [0, 0.05) is 0 Å². The molecule has 2 aliphatic heterocycles. The van der Waals surface area contributed by atoms with Crippen LogP contribution in [0.1, 0.15) is 25.3 Å². The Bertz CT molecular complexity index is 831. The molecule has 0 aliphatic carbocycles. The van der Waals surface area contributed by atoms with Crippen molar-refractivity contribution in [2.45, 2.75) is 26.1 Å². The molecule has 1 aromatic rings. The summed E-state index contributed by atoms with van der Waals surface area (Å²) < 4.78 is 26.9. The van der Waals surface area contributed by atoms with Crippen molar-refractivity contribution in [3.63, 3.8) is 0 Å². The Morgan fingerprint density at radius 2 is 1.96 bits per heavy atom. The molecule has 148 valence electrons. The van der Waals surface area contributed by atoms with Crippen LogP contribution in [0.4, 0.5) is 0 Å². The van der Waals surface area contributed by atoms with Crippen molar-refractivity contribution in [3.8, 4) is 11.8 Å². The SMILES string of the molecule is CCOC(=O)C1=C(C)OC(N)=C(C#N)C1c1ccc(OCC2OCCO2)cc1. The highest BCUT2D eigenvalue weighted by atomic mass is 16.7. The summed E-state index contributed by atoms with van der Waals surface area (Å²) in [6.07, 6.45) is -0.371. The first-order chi connectivity index (χ1) is 13.5. The second-order valence-corrected chi connectivity index (χ2v) is 6.17. The first kappa shape index (κ1) is 19.7. The predicted octanol–water partition coefficient (Wildman–Crippen LogP) is 2.08. The van der Waals surface area contributed by atoms with Crippen LogP contribution in [0.5, 0.6) is 5.75 Å². The predicted molar refractivity (Wildman–Crippen MR) is 97.6 cm³/mol. The van der Waals surface area contributed by atoms with Crippen LogP contribution in [0.15, 0.2) is 47.1 Å². The first-order valence-electron chi connectivity index (χ1n) is 8.96. The molecule has 2 heterocycles. The number of hydrogen-bond acceptors (Lipinski definition) is 8. The Balaban J connectivity index is 1.85. The van der Waals surface area contributed by atoms with Crippen LogP contribution in [-0.2, 0) is 23.7 Å². The zero-order valence-corrected chi connectivity index (χ0v) is 15.8. The van der Waals surface area contributed by atoms with Crippen molar-refractivity contribution >= 4 is 5.97 Å². The van der Waals surface area contributed by atoms with Crippen molar-refractivity contribution < 1.29 is 28.5 Å². The van der Waals surface area contributed by atoms with Gasteiger partial charge in [-0.05, 0) is 31.5 Å². The molecule has 28 heavy (non-hydrogen) atoms. The number of allylic oxidation sites excluding steroid dienone is 2. The summed E-state index contributed by atoms with van der Waals surface area (Å²) >= 11 is 0. The topological polar surface area (TPSA) is 113 Å². The van der Waals surface area contributed by atoms with E-state index in [1.54, 1.807) is 38.1 Å². The summed E-state index contributed by atoms with van der Waals surface area (Å²) in [5, 5.41) is 9.57. The Kier molecular flexibility index (Phi) is 6.19. The van der Waals surface area contributed by atoms with E-state index in [-0.39, 0.29) is 36.5 Å². The van der Waals surface area contributed by atoms with E-state index >= 15 is 0 Å². The van der Waals surface area contributed by atoms with Crippen LogP contribution < -0.4 is 10.5 Å². The van der Waals surface area contributed by atoms with Gasteiger partial charge in [0.25, 0.3) is 0 Å². The van der Waals surface area contributed by atoms with Crippen molar-refractivity contribution in [2.75, 3.05) is 26.4 Å². The summed E-state index contributed by atoms with van der Waals surface area (Å²) in [6, 6.07) is 9.11. The monoisotopic (exact) mass is 386 g/mol. The standard InChI is InChI=1S/C20H22N2O6/c1-3-24-20(23)17-12(2)28-19(22)15(10-21)18(17)13-4-6-14(7-5-13)27-11-16-25-8-9-26-16/h4-7,16,18H,3,8-9,11,22H2,1-2H3. The average molecular weight is 386 g/mol. The number of nitriles is 1. The van der Waals surface area contributed by atoms with Gasteiger partial charge in [0.2, 0.25) is 5.88 Å². The van der Waals surface area contributed by atoms with E-state index in [0.29, 0.717) is 30.3 Å². The molecule has 0 saturated carbocycles. The van der Waals surface area contributed by atoms with E-state index < -0.39 is 11.9 Å². The maximum absolute atomic E-state index is 12.5. The summed E-state index contributed by atoms with van der Waals surface area (Å²) in [5.41, 5.74) is 7.01. The first-order valence-corrected chi connectivity index (χ1v) is 8.96. The molecule has 3 rings (SSSR count). The van der Waals surface area contributed by atoms with Gasteiger partial charge in [-0.15, -0.1) is 0 Å². The van der Waals surface area contributed by atoms with Crippen LogP contribution in [0, 0.1) is 11.3 Å². The summed E-state index contributed by atoms with van der Waals surface area (Å²) in [7, 11) is 0. The largest absolute Gasteiger partial charge is 0.488 e. The second-order valence-electron chi connectivity index (χ2n) is 6.17. The van der Waals surface area contributed by atoms with E-state index in [4.69, 9.17) is 29.4 Å². The number of rotatable bonds is 6. The number of hydrogen-bond donors (Lipinski definition) is 1. The fourth-order valence-corrected chi connectivity index (χ4v) is 3.11. The van der Waals surface area contributed by atoms with Gasteiger partial charge in [0.15, 0.2) is 6.29 Å². The Morgan fingerprint density at radius 1 is 1.29 bits per heavy atom. The number of ether oxygens (including phenoxy) is 5. The summed E-state index contributed by atoms with van der Waals surface area (Å²) in [5.74, 6) is -0.303. The molecule has 1 atom stereocenters. The van der Waals surface area contributed by atoms with Crippen molar-refractivity contribution in [2.24, 2.45) is 5.73 Å². The minimum atomic E-state index is -0.673. The lowest BCUT2D eigenvalue weighted by Crippen LogP contribution is -2.25. The van der Waals surface area contributed by atoms with Gasteiger partial charge in [-0.2, -0.15) is 5.26 Å². The Labute approximate surface area is 163 Å². The third kappa shape index (κ3) is 4.11. The highest BCUT2D eigenvalue weighted by Gasteiger charge is 2.36. The molecule has 0 radical (unpaired) electrons. The normalized spacial score (nSPS) is 20.0. The summed E-state index contributed by atoms with van der Waals surface area (Å²) in [4.78, 5) is 12.5. The molecule has 0 spiro atoms. The fraction of sp³-hybridized carbons (Fsp3) is 0.400. The van der Waals surface area contributed by atoms with Gasteiger partial charge in [0.05, 0.1) is 31.3 Å². The molecular weight excluding hydrogens is 364 g/mol. The maximum atomic E-state index is 12.5. The van der Waals surface area contributed by atoms with Gasteiger partial charge >= 0.3 is 5.97 Å². The molecule has 0 bridgehead atoms. The van der Waals surface area contributed by atoms with Crippen LogP contribution in [0.25, 0.3) is 0 Å². The van der Waals surface area contributed by atoms with E-state index in [0.717, 1.165) is 0 Å². The maximum Gasteiger partial charge on any atom is 0.338 e. The number of carbonyl (C=O) groups is 1. The quantitative estimate of drug-likeness (QED) is 0.740. The third-order valence-corrected chi connectivity index (χ3v) is 4.39. The molecule has 2 aliphatic rings. The van der Waals surface area contributed by atoms with E-state index in [1.807, 2.05) is 0 Å². The molecule has 1 saturated heterocycles. The number of nitrogens with zero attached hydrogens (tertiary/aromatic N) is 1. The molecule has 1 aromatic carbocycles. The van der Waals surface area contributed by atoms with Crippen molar-refractivity contribution in [1.29, 1.82) is 5.26 Å². The Morgan fingerprint density at radius 3 is 2.57 bits per heavy atom. The average Bonchev–Trinajstić information content (AvgIpc) is 3.20. The van der Waals surface area contributed by atoms with Gasteiger partial charge in [-0.3, -0.25) is 0 Å². The zero-order valence-electron chi connectivity index (χ0n) is 15.8. The minimum absolute atomic E-state index is 0.0195. The molecule has 2 N–H and O–H groups in total. The van der Waals surface area contributed by atoms with E-state index in [1.165, 1.54) is 0 Å².